The van der Waals surface area contributed by atoms with Crippen molar-refractivity contribution in [1.29, 1.82) is 0 Å². The molecule has 124 heavy (non-hydrogen) atoms. The minimum absolute atomic E-state index is 0.00833. The predicted molar refractivity (Wildman–Crippen MR) is 491 cm³/mol. The van der Waals surface area contributed by atoms with E-state index in [1.165, 1.54) is 22.3 Å². The Morgan fingerprint density at radius 3 is 0.621 bits per heavy atom. The fraction of sp³-hybridized carbons (Fsp3) is 0.622. The lowest BCUT2D eigenvalue weighted by atomic mass is 9.86. The lowest BCUT2D eigenvalue weighted by Crippen LogP contribution is -2.50. The van der Waals surface area contributed by atoms with Crippen LogP contribution in [0.15, 0.2) is 117 Å². The molecule has 0 aliphatic carbocycles. The van der Waals surface area contributed by atoms with Crippen LogP contribution in [0.5, 0.6) is 0 Å². The average Bonchev–Trinajstić information content (AvgIpc) is 1.64. The number of hydrogen-bond acceptors (Lipinski definition) is 22. The molecule has 0 bridgehead atoms. The Morgan fingerprint density at radius 1 is 0.298 bits per heavy atom. The van der Waals surface area contributed by atoms with Crippen molar-refractivity contribution in [3.05, 3.63) is 119 Å². The van der Waals surface area contributed by atoms with Crippen LogP contribution in [0.1, 0.15) is 247 Å². The number of hydrogen-bond donors (Lipinski definition) is 5. The highest BCUT2D eigenvalue weighted by Gasteiger charge is 2.45. The first-order chi connectivity index (χ1) is 59.1. The largest absolute Gasteiger partial charge is 0.444 e. The van der Waals surface area contributed by atoms with Crippen LogP contribution in [-0.2, 0) is 42.9 Å². The first kappa shape index (κ1) is 98.6. The number of likely N-dealkylation sites (tertiary alicyclic amines) is 4. The summed E-state index contributed by atoms with van der Waals surface area (Å²) in [6.07, 6.45) is 19.1. The number of carbonyl (C=O) groups excluding carboxylic acids is 9. The molecule has 4 amide bonds. The van der Waals surface area contributed by atoms with E-state index in [9.17, 15) is 43.2 Å². The number of piperidine rings is 9. The first-order valence-corrected chi connectivity index (χ1v) is 45.6. The molecular formula is C98H143N13O13. The van der Waals surface area contributed by atoms with Crippen molar-refractivity contribution >= 4 is 101 Å². The summed E-state index contributed by atoms with van der Waals surface area (Å²) in [6.45, 7) is 43.7. The van der Waals surface area contributed by atoms with Crippen molar-refractivity contribution < 1.29 is 62.1 Å². The number of nitrogens with one attached hydrogen (secondary N) is 5. The predicted octanol–water partition coefficient (Wildman–Crippen LogP) is 16.5. The van der Waals surface area contributed by atoms with Gasteiger partial charge in [0.25, 0.3) is 0 Å². The van der Waals surface area contributed by atoms with Gasteiger partial charge in [-0.1, -0.05) is 72.8 Å². The summed E-state index contributed by atoms with van der Waals surface area (Å²) in [6, 6.07) is 33.0. The van der Waals surface area contributed by atoms with Crippen molar-refractivity contribution in [2.24, 2.45) is 49.6 Å². The van der Waals surface area contributed by atoms with Gasteiger partial charge in [-0.3, -0.25) is 20.0 Å². The summed E-state index contributed by atoms with van der Waals surface area (Å²) < 4.78 is 22.0. The van der Waals surface area contributed by atoms with E-state index >= 15 is 0 Å². The molecule has 0 spiro atoms. The molecule has 13 aliphatic rings. The summed E-state index contributed by atoms with van der Waals surface area (Å²) in [5.74, 6) is 2.90. The van der Waals surface area contributed by atoms with Crippen LogP contribution in [-0.4, -0.2) is 236 Å². The number of fused-ring (bicyclic) bond motifs is 12. The fourth-order valence-electron chi connectivity index (χ4n) is 17.5. The highest BCUT2D eigenvalue weighted by Crippen LogP contribution is 2.46. The summed E-state index contributed by atoms with van der Waals surface area (Å²) in [4.78, 5) is 126. The molecule has 5 N–H and O–H groups in total. The Morgan fingerprint density at radius 2 is 0.476 bits per heavy atom. The SMILES string of the molecule is CC1C2=Nc3ccccc3C2CCN1C(=O)OC(C)(C)C.CC1C2=Nc3ccccc3C2CCN1C(=O)OC(C)(C)C.CC1C2=Nc3ccccc3C2CCN1C(=O)OC(C)(C)C.CC1C2=Nc3ccccc3C2CCN1C(=O)OC(C)(C)C.O=CC1CCCNC1.O=CC1CCCNC1.O=CC1CCCNC1.O=CC1CCCNC1.O=CC1CCCNC1. The molecule has 4 aromatic carbocycles. The smallest absolute Gasteiger partial charge is 0.410 e. The molecule has 4 aromatic rings. The third-order valence-electron chi connectivity index (χ3n) is 24.0. The van der Waals surface area contributed by atoms with E-state index in [0.717, 1.165) is 232 Å². The summed E-state index contributed by atoms with van der Waals surface area (Å²) in [7, 11) is 0. The van der Waals surface area contributed by atoms with Gasteiger partial charge in [0.2, 0.25) is 0 Å². The quantitative estimate of drug-likeness (QED) is 0.0916. The molecule has 0 saturated carbocycles. The Labute approximate surface area is 737 Å². The molecule has 13 heterocycles. The topological polar surface area (TPSA) is 313 Å². The molecule has 13 unspecified atom stereocenters. The minimum atomic E-state index is -0.464. The second-order valence-electron chi connectivity index (χ2n) is 38.4. The van der Waals surface area contributed by atoms with Gasteiger partial charge in [0.05, 0.1) is 46.9 Å². The lowest BCUT2D eigenvalue weighted by molar-refractivity contribution is -0.112. The number of amides is 4. The van der Waals surface area contributed by atoms with E-state index in [4.69, 9.17) is 38.9 Å². The number of rotatable bonds is 5. The molecular weight excluding hydrogens is 1570 g/mol. The van der Waals surface area contributed by atoms with Gasteiger partial charge in [-0.05, 0) is 280 Å². The number of carbonyl (C=O) groups is 9. The number of aliphatic imine (C=N–C) groups is 4. The Kier molecular flexibility index (Phi) is 37.2. The standard InChI is InChI=1S/4C17H22N2O2.5C6H11NO/c4*1-11-15-13(12-7-5-6-8-14(12)18-15)9-10-19(11)16(20)21-17(2,3)4;5*8-5-6-2-1-3-7-4-6/h4*5-8,11,13H,9-10H2,1-4H3;5*5-7H,1-4H2. The van der Waals surface area contributed by atoms with E-state index in [2.05, 4.69) is 75.1 Å². The lowest BCUT2D eigenvalue weighted by Gasteiger charge is -2.37. The van der Waals surface area contributed by atoms with Crippen molar-refractivity contribution in [2.75, 3.05) is 91.6 Å². The van der Waals surface area contributed by atoms with E-state index in [1.54, 1.807) is 19.6 Å². The molecule has 26 nitrogen and oxygen atoms in total. The Bertz CT molecular complexity index is 3740. The first-order valence-electron chi connectivity index (χ1n) is 45.6. The van der Waals surface area contributed by atoms with E-state index in [0.29, 0.717) is 79.4 Å². The van der Waals surface area contributed by atoms with Gasteiger partial charge in [-0.15, -0.1) is 0 Å². The van der Waals surface area contributed by atoms with Gasteiger partial charge in [0.1, 0.15) is 53.8 Å². The van der Waals surface area contributed by atoms with Crippen LogP contribution in [0.3, 0.4) is 0 Å². The molecule has 26 heteroatoms. The highest BCUT2D eigenvalue weighted by molar-refractivity contribution is 6.06. The van der Waals surface area contributed by atoms with E-state index in [1.807, 2.05) is 159 Å². The van der Waals surface area contributed by atoms with Crippen LogP contribution in [0.4, 0.5) is 41.9 Å². The van der Waals surface area contributed by atoms with Crippen LogP contribution < -0.4 is 26.6 Å². The fourth-order valence-corrected chi connectivity index (χ4v) is 17.5. The zero-order chi connectivity index (χ0) is 89.9. The van der Waals surface area contributed by atoms with Crippen molar-refractivity contribution in [1.82, 2.24) is 46.2 Å². The number of aldehydes is 5. The maximum absolute atomic E-state index is 12.3. The van der Waals surface area contributed by atoms with Crippen molar-refractivity contribution in [3.8, 4) is 0 Å². The summed E-state index contributed by atoms with van der Waals surface area (Å²) in [5.41, 5.74) is 11.9. The monoisotopic (exact) mass is 1710 g/mol. The zero-order valence-electron chi connectivity index (χ0n) is 76.8. The van der Waals surface area contributed by atoms with Crippen molar-refractivity contribution in [3.63, 3.8) is 0 Å². The minimum Gasteiger partial charge on any atom is -0.444 e. The van der Waals surface area contributed by atoms with Gasteiger partial charge in [-0.25, -0.2) is 19.2 Å². The molecule has 13 atom stereocenters. The van der Waals surface area contributed by atoms with E-state index in [-0.39, 0.29) is 48.5 Å². The number of para-hydroxylation sites is 4. The Hall–Kier alpha value is -9.21. The van der Waals surface area contributed by atoms with Crippen molar-refractivity contribution in [2.45, 2.75) is 271 Å². The van der Waals surface area contributed by atoms with E-state index < -0.39 is 22.4 Å². The van der Waals surface area contributed by atoms with Crippen LogP contribution in [0.25, 0.3) is 0 Å². The van der Waals surface area contributed by atoms with Crippen LogP contribution >= 0.6 is 0 Å². The molecule has 9 saturated heterocycles. The number of ether oxygens (including phenoxy) is 4. The zero-order valence-corrected chi connectivity index (χ0v) is 76.8. The average molecular weight is 1710 g/mol. The molecule has 9 fully saturated rings. The molecule has 678 valence electrons. The summed E-state index contributed by atoms with van der Waals surface area (Å²) >= 11 is 0. The third kappa shape index (κ3) is 28.9. The molecule has 0 aromatic heterocycles. The number of benzene rings is 4. The highest BCUT2D eigenvalue weighted by atomic mass is 16.6. The second kappa shape index (κ2) is 46.8. The number of nitrogens with zero attached hydrogens (tertiary/aromatic N) is 8. The van der Waals surface area contributed by atoms with Gasteiger partial charge in [0, 0.05) is 135 Å². The maximum Gasteiger partial charge on any atom is 0.410 e. The van der Waals surface area contributed by atoms with Gasteiger partial charge in [-0.2, -0.15) is 0 Å². The third-order valence-corrected chi connectivity index (χ3v) is 24.0. The van der Waals surface area contributed by atoms with Gasteiger partial charge >= 0.3 is 24.4 Å². The van der Waals surface area contributed by atoms with Gasteiger partial charge in [0.15, 0.2) is 0 Å². The molecule has 17 rings (SSSR count). The molecule has 13 aliphatic heterocycles. The molecule has 0 radical (unpaired) electrons. The second-order valence-corrected chi connectivity index (χ2v) is 38.4. The maximum atomic E-state index is 12.3. The van der Waals surface area contributed by atoms with Crippen LogP contribution in [0.2, 0.25) is 0 Å². The Balaban J connectivity index is 0.000000163. The normalized spacial score (nSPS) is 26.0. The van der Waals surface area contributed by atoms with Gasteiger partial charge < -0.3 is 89.1 Å². The van der Waals surface area contributed by atoms with Crippen LogP contribution in [0, 0.1) is 29.6 Å². The summed E-state index contributed by atoms with van der Waals surface area (Å²) in [5, 5.41) is 15.8.